The quantitative estimate of drug-likeness (QED) is 0.419. The van der Waals surface area contributed by atoms with Gasteiger partial charge in [-0.25, -0.2) is 4.98 Å². The zero-order valence-corrected chi connectivity index (χ0v) is 8.05. The third kappa shape index (κ3) is 1.15. The largest absolute Gasteiger partial charge is 0.348 e. The summed E-state index contributed by atoms with van der Waals surface area (Å²) >= 11 is 6.64. The Balaban J connectivity index is 2.84. The molecule has 0 radical (unpaired) electrons. The number of nitrogens with zero attached hydrogens (tertiary/aromatic N) is 1. The molecule has 0 unspecified atom stereocenters. The van der Waals surface area contributed by atoms with Crippen molar-refractivity contribution in [2.75, 3.05) is 6.26 Å². The number of aromatic nitrogens is 3. The Morgan fingerprint density at radius 1 is 1.58 bits per heavy atom. The molecule has 2 heterocycles. The van der Waals surface area contributed by atoms with Crippen LogP contribution in [0.3, 0.4) is 0 Å². The predicted octanol–water partition coefficient (Wildman–Crippen LogP) is 2.34. The first-order valence-corrected chi connectivity index (χ1v) is 5.06. The van der Waals surface area contributed by atoms with Gasteiger partial charge in [0.25, 0.3) is 0 Å². The second-order valence-corrected chi connectivity index (χ2v) is 3.50. The van der Waals surface area contributed by atoms with Crippen LogP contribution >= 0.6 is 24.0 Å². The van der Waals surface area contributed by atoms with Gasteiger partial charge in [0.2, 0.25) is 0 Å². The first-order chi connectivity index (χ1) is 5.81. The van der Waals surface area contributed by atoms with Crippen molar-refractivity contribution in [3.63, 3.8) is 0 Å². The Hall–Kier alpha value is -0.810. The van der Waals surface area contributed by atoms with E-state index in [9.17, 15) is 0 Å². The van der Waals surface area contributed by atoms with Crippen LogP contribution in [0.25, 0.3) is 11.0 Å². The summed E-state index contributed by atoms with van der Waals surface area (Å²) < 4.78 is 0.648. The third-order valence-corrected chi connectivity index (χ3v) is 2.50. The van der Waals surface area contributed by atoms with E-state index in [0.29, 0.717) is 4.64 Å². The van der Waals surface area contributed by atoms with E-state index in [1.165, 1.54) is 0 Å². The molecule has 0 fully saturated rings. The van der Waals surface area contributed by atoms with E-state index in [2.05, 4.69) is 15.0 Å². The minimum Gasteiger partial charge on any atom is -0.348 e. The maximum absolute atomic E-state index is 5.10. The van der Waals surface area contributed by atoms with Crippen LogP contribution in [-0.2, 0) is 0 Å². The van der Waals surface area contributed by atoms with Gasteiger partial charge >= 0.3 is 0 Å². The van der Waals surface area contributed by atoms with E-state index in [1.807, 2.05) is 18.5 Å². The van der Waals surface area contributed by atoms with E-state index < -0.39 is 0 Å². The van der Waals surface area contributed by atoms with Crippen LogP contribution in [0.15, 0.2) is 17.4 Å². The molecule has 2 aromatic heterocycles. The number of thioether (sulfide) groups is 1. The maximum Gasteiger partial charge on any atom is 0.168 e. The summed E-state index contributed by atoms with van der Waals surface area (Å²) in [5, 5.41) is 1.82. The summed E-state index contributed by atoms with van der Waals surface area (Å²) in [7, 11) is 0. The molecule has 0 aliphatic heterocycles. The fraction of sp³-hybridized carbons (Fsp3) is 0.143. The molecule has 0 aliphatic rings. The number of H-pyrrole nitrogens is 2. The molecule has 2 rings (SSSR count). The topological polar surface area (TPSA) is 44.5 Å². The second-order valence-electron chi connectivity index (χ2n) is 2.32. The smallest absolute Gasteiger partial charge is 0.168 e. The van der Waals surface area contributed by atoms with Crippen molar-refractivity contribution < 1.29 is 0 Å². The van der Waals surface area contributed by atoms with Gasteiger partial charge in [-0.3, -0.25) is 0 Å². The zero-order valence-electron chi connectivity index (χ0n) is 6.42. The number of hydrogen-bond acceptors (Lipinski definition) is 3. The van der Waals surface area contributed by atoms with Gasteiger partial charge in [0, 0.05) is 6.20 Å². The summed E-state index contributed by atoms with van der Waals surface area (Å²) in [6.07, 6.45) is 3.81. The van der Waals surface area contributed by atoms with Crippen LogP contribution in [0, 0.1) is 4.64 Å². The Bertz CT molecular complexity index is 457. The lowest BCUT2D eigenvalue weighted by atomic mass is 10.4. The van der Waals surface area contributed by atoms with Gasteiger partial charge in [-0.05, 0) is 12.3 Å². The fourth-order valence-electron chi connectivity index (χ4n) is 1.04. The van der Waals surface area contributed by atoms with Crippen LogP contribution in [0.5, 0.6) is 0 Å². The molecule has 0 amide bonds. The van der Waals surface area contributed by atoms with Crippen molar-refractivity contribution in [2.45, 2.75) is 5.16 Å². The molecule has 2 N–H and O–H groups in total. The van der Waals surface area contributed by atoms with Gasteiger partial charge in [0.15, 0.2) is 5.16 Å². The Labute approximate surface area is 78.6 Å². The zero-order chi connectivity index (χ0) is 8.55. The number of nitrogens with one attached hydrogen (secondary N) is 2. The van der Waals surface area contributed by atoms with Crippen molar-refractivity contribution >= 4 is 35.0 Å². The monoisotopic (exact) mass is 197 g/mol. The van der Waals surface area contributed by atoms with E-state index in [4.69, 9.17) is 12.2 Å². The summed E-state index contributed by atoms with van der Waals surface area (Å²) in [4.78, 5) is 10.4. The van der Waals surface area contributed by atoms with Gasteiger partial charge in [-0.2, -0.15) is 0 Å². The molecule has 0 saturated heterocycles. The Morgan fingerprint density at radius 2 is 2.42 bits per heavy atom. The molecule has 0 bridgehead atoms. The van der Waals surface area contributed by atoms with Crippen LogP contribution < -0.4 is 0 Å². The average molecular weight is 197 g/mol. The summed E-state index contributed by atoms with van der Waals surface area (Å²) in [6, 6.07) is 1.92. The lowest BCUT2D eigenvalue weighted by Gasteiger charge is -1.95. The van der Waals surface area contributed by atoms with Gasteiger partial charge < -0.3 is 9.97 Å². The van der Waals surface area contributed by atoms with Crippen LogP contribution in [-0.4, -0.2) is 21.2 Å². The first kappa shape index (κ1) is 7.82. The number of rotatable bonds is 1. The normalized spacial score (nSPS) is 10.8. The summed E-state index contributed by atoms with van der Waals surface area (Å²) in [5.41, 5.74) is 0.944. The molecular formula is C7H7N3S2. The standard InChI is InChI=1S/C7H7N3S2/c1-12-7-9-5-4(2-3-8-5)6(11)10-7/h2-3H,1H3,(H2,8,9,10,11). The molecule has 5 heteroatoms. The molecular weight excluding hydrogens is 190 g/mol. The molecule has 0 aliphatic carbocycles. The number of fused-ring (bicyclic) bond motifs is 1. The van der Waals surface area contributed by atoms with Crippen molar-refractivity contribution in [2.24, 2.45) is 0 Å². The molecule has 62 valence electrons. The van der Waals surface area contributed by atoms with Crippen LogP contribution in [0.4, 0.5) is 0 Å². The molecule has 12 heavy (non-hydrogen) atoms. The van der Waals surface area contributed by atoms with Crippen molar-refractivity contribution in [3.05, 3.63) is 16.9 Å². The molecule has 2 aromatic rings. The van der Waals surface area contributed by atoms with E-state index in [0.717, 1.165) is 16.2 Å². The van der Waals surface area contributed by atoms with Gasteiger partial charge in [-0.15, -0.1) is 0 Å². The van der Waals surface area contributed by atoms with Crippen LogP contribution in [0.1, 0.15) is 0 Å². The van der Waals surface area contributed by atoms with Crippen molar-refractivity contribution in [3.8, 4) is 0 Å². The highest BCUT2D eigenvalue weighted by atomic mass is 32.2. The van der Waals surface area contributed by atoms with Crippen molar-refractivity contribution in [1.29, 1.82) is 0 Å². The van der Waals surface area contributed by atoms with Crippen LogP contribution in [0.2, 0.25) is 0 Å². The lowest BCUT2D eigenvalue weighted by Crippen LogP contribution is -1.86. The molecule has 0 saturated carbocycles. The highest BCUT2D eigenvalue weighted by molar-refractivity contribution is 7.98. The highest BCUT2D eigenvalue weighted by Crippen LogP contribution is 2.14. The maximum atomic E-state index is 5.10. The molecule has 0 spiro atoms. The minimum atomic E-state index is 0.648. The molecule has 3 nitrogen and oxygen atoms in total. The Morgan fingerprint density at radius 3 is 3.17 bits per heavy atom. The fourth-order valence-corrected chi connectivity index (χ4v) is 1.74. The predicted molar refractivity (Wildman–Crippen MR) is 53.1 cm³/mol. The van der Waals surface area contributed by atoms with Gasteiger partial charge in [-0.1, -0.05) is 24.0 Å². The lowest BCUT2D eigenvalue weighted by molar-refractivity contribution is 0.988. The first-order valence-electron chi connectivity index (χ1n) is 3.42. The number of hydrogen-bond donors (Lipinski definition) is 2. The van der Waals surface area contributed by atoms with Gasteiger partial charge in [0.05, 0.1) is 5.39 Å². The minimum absolute atomic E-state index is 0.648. The van der Waals surface area contributed by atoms with E-state index >= 15 is 0 Å². The van der Waals surface area contributed by atoms with E-state index in [1.54, 1.807) is 11.8 Å². The average Bonchev–Trinajstić information content (AvgIpc) is 2.52. The molecule has 0 atom stereocenters. The third-order valence-electron chi connectivity index (χ3n) is 1.61. The SMILES string of the molecule is CSc1nc(=S)c2cc[nH]c2[nH]1. The summed E-state index contributed by atoms with van der Waals surface area (Å²) in [6.45, 7) is 0. The van der Waals surface area contributed by atoms with Gasteiger partial charge in [0.1, 0.15) is 10.3 Å². The second kappa shape index (κ2) is 2.91. The molecule has 0 aromatic carbocycles. The number of aromatic amines is 2. The highest BCUT2D eigenvalue weighted by Gasteiger charge is 1.99. The summed E-state index contributed by atoms with van der Waals surface area (Å²) in [5.74, 6) is 0. The van der Waals surface area contributed by atoms with Crippen molar-refractivity contribution in [1.82, 2.24) is 15.0 Å². The van der Waals surface area contributed by atoms with E-state index in [-0.39, 0.29) is 0 Å². The Kier molecular flexibility index (Phi) is 1.90.